The number of hydrazone groups is 1. The van der Waals surface area contributed by atoms with Gasteiger partial charge >= 0.3 is 0 Å². The first-order valence-corrected chi connectivity index (χ1v) is 10.9. The highest BCUT2D eigenvalue weighted by Crippen LogP contribution is 2.32. The first-order chi connectivity index (χ1) is 17.0. The number of nitrogens with two attached hydrogens (primary N) is 2. The number of nitrogens with zero attached hydrogens (tertiary/aromatic N) is 7. The van der Waals surface area contributed by atoms with Crippen LogP contribution in [0.25, 0.3) is 11.3 Å². The summed E-state index contributed by atoms with van der Waals surface area (Å²) in [6.07, 6.45) is 1.91. The van der Waals surface area contributed by atoms with Gasteiger partial charge in [-0.15, -0.1) is 0 Å². The van der Waals surface area contributed by atoms with Crippen molar-refractivity contribution in [3.8, 4) is 23.1 Å². The van der Waals surface area contributed by atoms with Crippen LogP contribution in [0.2, 0.25) is 0 Å². The number of nitrogen functional groups attached to an aromatic ring is 1. The molecule has 0 amide bonds. The first-order valence-electron chi connectivity index (χ1n) is 10.9. The first kappa shape index (κ1) is 23.6. The number of para-hydroxylation sites is 1. The molecule has 1 fully saturated rings. The van der Waals surface area contributed by atoms with Gasteiger partial charge < -0.3 is 26.3 Å². The lowest BCUT2D eigenvalue weighted by molar-refractivity contribution is 0.198. The third-order valence-corrected chi connectivity index (χ3v) is 5.51. The van der Waals surface area contributed by atoms with Crippen LogP contribution in [-0.2, 0) is 6.54 Å². The van der Waals surface area contributed by atoms with Crippen molar-refractivity contribution in [2.24, 2.45) is 15.9 Å². The number of aliphatic imine (C=N–C) groups is 1. The highest BCUT2D eigenvalue weighted by Gasteiger charge is 2.21. The zero-order valence-electron chi connectivity index (χ0n) is 19.2. The molecule has 4 rings (SSSR count). The number of aliphatic hydroxyl groups is 1. The van der Waals surface area contributed by atoms with Gasteiger partial charge in [0.05, 0.1) is 48.6 Å². The van der Waals surface area contributed by atoms with E-state index in [-0.39, 0.29) is 12.1 Å². The molecule has 2 aromatic heterocycles. The third-order valence-electron chi connectivity index (χ3n) is 5.51. The van der Waals surface area contributed by atoms with Crippen LogP contribution in [0, 0.1) is 11.3 Å². The van der Waals surface area contributed by atoms with E-state index < -0.39 is 0 Å². The molecule has 11 nitrogen and oxygen atoms in total. The topological polar surface area (TPSA) is 172 Å². The van der Waals surface area contributed by atoms with Crippen molar-refractivity contribution < 1.29 is 9.84 Å². The number of aromatic nitrogens is 3. The Balaban J connectivity index is 1.56. The molecule has 1 aliphatic heterocycles. The van der Waals surface area contributed by atoms with Crippen LogP contribution in [0.1, 0.15) is 23.4 Å². The highest BCUT2D eigenvalue weighted by molar-refractivity contribution is 6.37. The highest BCUT2D eigenvalue weighted by atomic mass is 16.5. The number of benzene rings is 1. The Morgan fingerprint density at radius 1 is 1.29 bits per heavy atom. The Kier molecular flexibility index (Phi) is 7.13. The summed E-state index contributed by atoms with van der Waals surface area (Å²) in [5.41, 5.74) is 8.80. The van der Waals surface area contributed by atoms with Crippen molar-refractivity contribution in [2.75, 3.05) is 30.8 Å². The number of rotatable bonds is 7. The lowest BCUT2D eigenvalue weighted by Gasteiger charge is -2.16. The third kappa shape index (κ3) is 5.34. The van der Waals surface area contributed by atoms with Crippen LogP contribution >= 0.6 is 0 Å². The molecular formula is C24H25N9O2. The van der Waals surface area contributed by atoms with Crippen molar-refractivity contribution in [1.29, 1.82) is 5.26 Å². The summed E-state index contributed by atoms with van der Waals surface area (Å²) >= 11 is 0. The van der Waals surface area contributed by atoms with Gasteiger partial charge in [-0.1, -0.05) is 12.1 Å². The number of hydrogen-bond donors (Lipinski definition) is 3. The number of ether oxygens (including phenoxy) is 1. The second-order valence-corrected chi connectivity index (χ2v) is 7.85. The summed E-state index contributed by atoms with van der Waals surface area (Å²) in [6, 6.07) is 14.6. The van der Waals surface area contributed by atoms with E-state index in [9.17, 15) is 10.4 Å². The summed E-state index contributed by atoms with van der Waals surface area (Å²) in [6.45, 7) is 1.64. The molecule has 0 aliphatic carbocycles. The van der Waals surface area contributed by atoms with Crippen molar-refractivity contribution in [3.63, 3.8) is 0 Å². The predicted octanol–water partition coefficient (Wildman–Crippen LogP) is 1.51. The predicted molar refractivity (Wildman–Crippen MR) is 133 cm³/mol. The van der Waals surface area contributed by atoms with Crippen LogP contribution in [-0.4, -0.2) is 58.3 Å². The summed E-state index contributed by atoms with van der Waals surface area (Å²) < 4.78 is 5.43. The zero-order chi connectivity index (χ0) is 24.8. The molecule has 0 spiro atoms. The second kappa shape index (κ2) is 10.6. The number of hydrogen-bond acceptors (Lipinski definition) is 11. The fourth-order valence-corrected chi connectivity index (χ4v) is 3.85. The van der Waals surface area contributed by atoms with Gasteiger partial charge in [0.15, 0.2) is 0 Å². The van der Waals surface area contributed by atoms with Crippen LogP contribution in [0.4, 0.5) is 11.8 Å². The average molecular weight is 472 g/mol. The molecule has 35 heavy (non-hydrogen) atoms. The number of anilines is 2. The van der Waals surface area contributed by atoms with Gasteiger partial charge in [-0.2, -0.15) is 10.4 Å². The van der Waals surface area contributed by atoms with Gasteiger partial charge in [0.1, 0.15) is 23.3 Å². The fourth-order valence-electron chi connectivity index (χ4n) is 3.85. The Hall–Kier alpha value is -4.56. The minimum atomic E-state index is -0.325. The molecule has 11 heteroatoms. The van der Waals surface area contributed by atoms with Crippen molar-refractivity contribution >= 4 is 23.7 Å². The number of aliphatic hydroxyl groups excluding tert-OH is 1. The van der Waals surface area contributed by atoms with Gasteiger partial charge in [0.2, 0.25) is 5.95 Å². The van der Waals surface area contributed by atoms with Crippen molar-refractivity contribution in [3.05, 3.63) is 59.4 Å². The standard InChI is InChI=1S/C24H25N9O2/c1-35-23-15(11-25)4-2-6-18(23)19-10-20(31-24(26)30-19)21(32-27)13-28-12-16-5-3-7-22(29-16)33-9-8-17(34)14-33/h2-7,10,13,17,34H,8-9,12,14,27H2,1H3,(H2,26,30,31)/b28-13?,32-21+/t17-/m1/s1. The lowest BCUT2D eigenvalue weighted by Crippen LogP contribution is -2.22. The minimum Gasteiger partial charge on any atom is -0.495 e. The maximum absolute atomic E-state index is 9.78. The van der Waals surface area contributed by atoms with Crippen LogP contribution in [0.5, 0.6) is 5.75 Å². The SMILES string of the molecule is COc1c(C#N)cccc1-c1cc(/C(C=NCc2cccc(N3CC[C@@H](O)C3)n2)=N/N)nc(N)n1. The summed E-state index contributed by atoms with van der Waals surface area (Å²) in [5.74, 6) is 6.83. The normalized spacial score (nSPS) is 16.0. The fraction of sp³-hybridized carbons (Fsp3) is 0.250. The molecule has 1 aromatic carbocycles. The second-order valence-electron chi connectivity index (χ2n) is 7.85. The number of nitriles is 1. The molecular weight excluding hydrogens is 446 g/mol. The van der Waals surface area contributed by atoms with Gasteiger partial charge in [0.25, 0.3) is 0 Å². The Morgan fingerprint density at radius 3 is 2.83 bits per heavy atom. The Morgan fingerprint density at radius 2 is 2.11 bits per heavy atom. The molecule has 0 radical (unpaired) electrons. The van der Waals surface area contributed by atoms with E-state index in [1.165, 1.54) is 13.3 Å². The molecule has 0 bridgehead atoms. The molecule has 0 saturated carbocycles. The van der Waals surface area contributed by atoms with Crippen molar-refractivity contribution in [2.45, 2.75) is 19.1 Å². The Bertz CT molecular complexity index is 1320. The van der Waals surface area contributed by atoms with E-state index in [0.29, 0.717) is 47.1 Å². The van der Waals surface area contributed by atoms with Crippen LogP contribution < -0.4 is 21.2 Å². The van der Waals surface area contributed by atoms with E-state index in [2.05, 4.69) is 31.1 Å². The molecule has 1 saturated heterocycles. The molecule has 1 atom stereocenters. The van der Waals surface area contributed by atoms with Crippen molar-refractivity contribution in [1.82, 2.24) is 15.0 Å². The maximum atomic E-state index is 9.78. The number of pyridine rings is 1. The number of β-amino-alcohol motifs (C(OH)–C–C–N with tert-alkyl or cyclic N) is 1. The van der Waals surface area contributed by atoms with Gasteiger partial charge in [-0.25, -0.2) is 15.0 Å². The maximum Gasteiger partial charge on any atom is 0.221 e. The lowest BCUT2D eigenvalue weighted by atomic mass is 10.1. The largest absolute Gasteiger partial charge is 0.495 e. The molecule has 1 aliphatic rings. The quantitative estimate of drug-likeness (QED) is 0.262. The summed E-state index contributed by atoms with van der Waals surface area (Å²) in [4.78, 5) is 19.6. The van der Waals surface area contributed by atoms with E-state index in [1.54, 1.807) is 24.3 Å². The molecule has 178 valence electrons. The molecule has 3 heterocycles. The molecule has 5 N–H and O–H groups in total. The smallest absolute Gasteiger partial charge is 0.221 e. The monoisotopic (exact) mass is 471 g/mol. The summed E-state index contributed by atoms with van der Waals surface area (Å²) in [7, 11) is 1.49. The number of methoxy groups -OCH3 is 1. The van der Waals surface area contributed by atoms with Crippen LogP contribution in [0.15, 0.2) is 52.6 Å². The Labute approximate surface area is 202 Å². The van der Waals surface area contributed by atoms with Gasteiger partial charge in [-0.3, -0.25) is 4.99 Å². The van der Waals surface area contributed by atoms with Gasteiger partial charge in [0, 0.05) is 18.7 Å². The van der Waals surface area contributed by atoms with E-state index in [0.717, 1.165) is 24.5 Å². The average Bonchev–Trinajstić information content (AvgIpc) is 3.32. The van der Waals surface area contributed by atoms with Crippen LogP contribution in [0.3, 0.4) is 0 Å². The van der Waals surface area contributed by atoms with E-state index >= 15 is 0 Å². The zero-order valence-corrected chi connectivity index (χ0v) is 19.2. The minimum absolute atomic E-state index is 0.0126. The molecule has 0 unspecified atom stereocenters. The van der Waals surface area contributed by atoms with E-state index in [4.69, 9.17) is 16.3 Å². The summed E-state index contributed by atoms with van der Waals surface area (Å²) in [5, 5.41) is 23.0. The van der Waals surface area contributed by atoms with E-state index in [1.807, 2.05) is 23.1 Å². The molecule has 3 aromatic rings. The van der Waals surface area contributed by atoms with Gasteiger partial charge in [-0.05, 0) is 36.8 Å².